The van der Waals surface area contributed by atoms with Crippen LogP contribution in [0.15, 0.2) is 0 Å². The Balaban J connectivity index is 5.11. The van der Waals surface area contributed by atoms with Gasteiger partial charge in [-0.25, -0.2) is 0 Å². The van der Waals surface area contributed by atoms with Crippen LogP contribution in [-0.4, -0.2) is 13.1 Å². The summed E-state index contributed by atoms with van der Waals surface area (Å²) < 4.78 is 0. The minimum Gasteiger partial charge on any atom is -0.191 e. The third-order valence-corrected chi connectivity index (χ3v) is 14.1. The minimum absolute atomic E-state index is 0.940. The summed E-state index contributed by atoms with van der Waals surface area (Å²) in [6.45, 7) is 19.5. The molecule has 0 saturated heterocycles. The Morgan fingerprint density at radius 2 is 0.640 bits per heavy atom. The van der Waals surface area contributed by atoms with E-state index in [-0.39, 0.29) is 0 Å². The van der Waals surface area contributed by atoms with E-state index in [2.05, 4.69) is 55.4 Å². The maximum Gasteiger partial charge on any atom is 0.134 e. The van der Waals surface area contributed by atoms with Crippen LogP contribution in [0.3, 0.4) is 0 Å². The lowest BCUT2D eigenvalue weighted by Gasteiger charge is -2.40. The molecule has 0 fully saturated rings. The molecule has 0 heterocycles. The van der Waals surface area contributed by atoms with Gasteiger partial charge in [-0.3, -0.25) is 0 Å². The second-order valence-corrected chi connectivity index (χ2v) is 15.9. The van der Waals surface area contributed by atoms with Gasteiger partial charge in [-0.1, -0.05) is 107 Å². The zero-order valence-electron chi connectivity index (χ0n) is 19.4. The Morgan fingerprint density at radius 1 is 0.440 bits per heavy atom. The summed E-state index contributed by atoms with van der Waals surface area (Å²) in [5.41, 5.74) is 0. The van der Waals surface area contributed by atoms with Crippen LogP contribution in [-0.2, 0) is 0 Å². The molecule has 4 unspecified atom stereocenters. The predicted molar refractivity (Wildman–Crippen MR) is 121 cm³/mol. The Hall–Kier alpha value is 0.532. The standard InChI is InChI=1S/4C6H13.Al/c4*1-4-6(3)5-2;/h4*6H,1,4-5H2,2-3H3;/q;;;;-1. The summed E-state index contributed by atoms with van der Waals surface area (Å²) >= 11 is -1.46. The van der Waals surface area contributed by atoms with E-state index >= 15 is 0 Å². The van der Waals surface area contributed by atoms with Gasteiger partial charge in [0.2, 0.25) is 0 Å². The highest BCUT2D eigenvalue weighted by Crippen LogP contribution is 2.37. The SMILES string of the molecule is CCC(C)C[CH2][Al-]([CH2]CC(C)CC)([CH2]CC(C)CC)[CH2]CC(C)CC. The summed E-state index contributed by atoms with van der Waals surface area (Å²) in [6.07, 6.45) is 11.6. The predicted octanol–water partition coefficient (Wildman–Crippen LogP) is 9.18. The third kappa shape index (κ3) is 11.8. The van der Waals surface area contributed by atoms with Crippen molar-refractivity contribution >= 4 is 13.1 Å². The lowest BCUT2D eigenvalue weighted by Crippen LogP contribution is -2.36. The van der Waals surface area contributed by atoms with Gasteiger partial charge in [0.15, 0.2) is 0 Å². The van der Waals surface area contributed by atoms with Crippen LogP contribution < -0.4 is 0 Å². The maximum atomic E-state index is 2.49. The smallest absolute Gasteiger partial charge is 0.134 e. The Bertz CT molecular complexity index is 237. The quantitative estimate of drug-likeness (QED) is 0.238. The summed E-state index contributed by atoms with van der Waals surface area (Å²) in [6, 6.07) is 0. The Kier molecular flexibility index (Phi) is 14.9. The largest absolute Gasteiger partial charge is 0.191 e. The third-order valence-electron chi connectivity index (χ3n) is 7.88. The first-order valence-electron chi connectivity index (χ1n) is 12.0. The number of rotatable bonds is 16. The van der Waals surface area contributed by atoms with E-state index in [1.165, 1.54) is 51.4 Å². The molecule has 0 aromatic heterocycles. The number of hydrogen-bond donors (Lipinski definition) is 0. The first-order chi connectivity index (χ1) is 11.8. The summed E-state index contributed by atoms with van der Waals surface area (Å²) in [4.78, 5) is 0. The fraction of sp³-hybridized carbons (Fsp3) is 1.00. The van der Waals surface area contributed by atoms with E-state index in [0.717, 1.165) is 23.7 Å². The van der Waals surface area contributed by atoms with Crippen molar-refractivity contribution in [3.8, 4) is 0 Å². The average Bonchev–Trinajstić information content (AvgIpc) is 2.65. The zero-order valence-corrected chi connectivity index (χ0v) is 20.5. The minimum atomic E-state index is -1.46. The summed E-state index contributed by atoms with van der Waals surface area (Å²) in [5.74, 6) is 3.76. The molecule has 0 aliphatic rings. The van der Waals surface area contributed by atoms with Crippen LogP contribution in [0.4, 0.5) is 0 Å². The molecule has 1 heteroatoms. The molecule has 0 aliphatic carbocycles. The molecule has 0 aromatic rings. The van der Waals surface area contributed by atoms with E-state index in [4.69, 9.17) is 0 Å². The molecular weight excluding hydrogens is 315 g/mol. The molecule has 0 aliphatic heterocycles. The van der Waals surface area contributed by atoms with Gasteiger partial charge in [0, 0.05) is 0 Å². The van der Waals surface area contributed by atoms with Crippen LogP contribution in [0.5, 0.6) is 0 Å². The van der Waals surface area contributed by atoms with Gasteiger partial charge in [0.05, 0.1) is 0 Å². The Morgan fingerprint density at radius 3 is 0.800 bits per heavy atom. The van der Waals surface area contributed by atoms with Gasteiger partial charge >= 0.3 is 0 Å². The van der Waals surface area contributed by atoms with Crippen LogP contribution in [0.1, 0.15) is 107 Å². The van der Waals surface area contributed by atoms with Crippen LogP contribution >= 0.6 is 0 Å². The first-order valence-corrected chi connectivity index (χ1v) is 15.3. The van der Waals surface area contributed by atoms with Crippen LogP contribution in [0.25, 0.3) is 0 Å². The Labute approximate surface area is 164 Å². The first kappa shape index (κ1) is 25.5. The van der Waals surface area contributed by atoms with Crippen molar-refractivity contribution in [2.75, 3.05) is 0 Å². The lowest BCUT2D eigenvalue weighted by atomic mass is 10.1. The van der Waals surface area contributed by atoms with Crippen molar-refractivity contribution in [1.82, 2.24) is 0 Å². The molecule has 4 atom stereocenters. The zero-order chi connectivity index (χ0) is 19.3. The normalized spacial score (nSPS) is 19.2. The van der Waals surface area contributed by atoms with Gasteiger partial charge in [-0.05, 0) is 23.7 Å². The van der Waals surface area contributed by atoms with E-state index in [1.54, 1.807) is 21.1 Å². The van der Waals surface area contributed by atoms with Crippen molar-refractivity contribution in [2.45, 2.75) is 128 Å². The molecular formula is C24H52Al-. The van der Waals surface area contributed by atoms with E-state index in [0.29, 0.717) is 0 Å². The van der Waals surface area contributed by atoms with Gasteiger partial charge in [0.25, 0.3) is 0 Å². The molecule has 0 amide bonds. The molecule has 0 nitrogen and oxygen atoms in total. The average molecular weight is 368 g/mol. The topological polar surface area (TPSA) is 0 Å². The van der Waals surface area contributed by atoms with Crippen molar-refractivity contribution in [3.05, 3.63) is 0 Å². The van der Waals surface area contributed by atoms with E-state index in [9.17, 15) is 0 Å². The summed E-state index contributed by atoms with van der Waals surface area (Å²) in [5, 5.41) is 6.58. The highest BCUT2D eigenvalue weighted by atomic mass is 27.2. The van der Waals surface area contributed by atoms with Crippen LogP contribution in [0.2, 0.25) is 21.1 Å². The highest BCUT2D eigenvalue weighted by molar-refractivity contribution is 6.79. The van der Waals surface area contributed by atoms with Crippen molar-refractivity contribution in [2.24, 2.45) is 23.7 Å². The highest BCUT2D eigenvalue weighted by Gasteiger charge is 2.29. The van der Waals surface area contributed by atoms with E-state index in [1.807, 2.05) is 0 Å². The molecule has 152 valence electrons. The molecule has 0 N–H and O–H groups in total. The molecule has 0 radical (unpaired) electrons. The molecule has 0 aromatic carbocycles. The van der Waals surface area contributed by atoms with E-state index < -0.39 is 13.1 Å². The monoisotopic (exact) mass is 367 g/mol. The molecule has 0 saturated carbocycles. The van der Waals surface area contributed by atoms with Gasteiger partial charge in [0.1, 0.15) is 13.1 Å². The molecule has 0 bridgehead atoms. The number of hydrogen-bond acceptors (Lipinski definition) is 0. The summed E-state index contributed by atoms with van der Waals surface area (Å²) in [7, 11) is 0. The van der Waals surface area contributed by atoms with Crippen molar-refractivity contribution in [1.29, 1.82) is 0 Å². The van der Waals surface area contributed by atoms with Gasteiger partial charge < -0.3 is 0 Å². The second-order valence-electron chi connectivity index (χ2n) is 10.1. The van der Waals surface area contributed by atoms with Crippen molar-refractivity contribution in [3.63, 3.8) is 0 Å². The molecule has 0 spiro atoms. The lowest BCUT2D eigenvalue weighted by molar-refractivity contribution is 0.502. The van der Waals surface area contributed by atoms with Crippen LogP contribution in [0, 0.1) is 23.7 Å². The fourth-order valence-electron chi connectivity index (χ4n) is 4.23. The molecule has 25 heavy (non-hydrogen) atoms. The maximum absolute atomic E-state index is 2.49. The van der Waals surface area contributed by atoms with Gasteiger partial charge in [-0.15, -0.1) is 0 Å². The second kappa shape index (κ2) is 14.6. The van der Waals surface area contributed by atoms with Crippen molar-refractivity contribution < 1.29 is 0 Å². The van der Waals surface area contributed by atoms with Gasteiger partial charge in [-0.2, -0.15) is 21.1 Å². The fourth-order valence-corrected chi connectivity index (χ4v) is 11.1. The molecule has 0 rings (SSSR count).